The van der Waals surface area contributed by atoms with E-state index in [4.69, 9.17) is 9.52 Å². The second-order valence-electron chi connectivity index (χ2n) is 7.03. The van der Waals surface area contributed by atoms with Crippen molar-refractivity contribution in [2.45, 2.75) is 11.8 Å². The van der Waals surface area contributed by atoms with Gasteiger partial charge in [-0.1, -0.05) is 6.92 Å². The first-order valence-electron chi connectivity index (χ1n) is 9.42. The minimum atomic E-state index is -2.99. The van der Waals surface area contributed by atoms with E-state index in [1.807, 2.05) is 0 Å². The van der Waals surface area contributed by atoms with Gasteiger partial charge in [0.25, 0.3) is 5.56 Å². The Hall–Kier alpha value is -2.91. The fourth-order valence-electron chi connectivity index (χ4n) is 3.33. The first-order valence-corrected chi connectivity index (χ1v) is 11.9. The Labute approximate surface area is 186 Å². The molecule has 0 spiro atoms. The predicted molar refractivity (Wildman–Crippen MR) is 123 cm³/mol. The minimum Gasteiger partial charge on any atom is -0.457 e. The number of nitrogens with one attached hydrogen (secondary N) is 2. The SMILES string of the molecule is CCS(=N)(=O)c1ccc(Oc2ccc(Br)c(F)c2)c(-c2cn(C)c(=O)c3[nH]ccc23)c1. The van der Waals surface area contributed by atoms with E-state index in [0.29, 0.717) is 37.1 Å². The van der Waals surface area contributed by atoms with Gasteiger partial charge in [-0.2, -0.15) is 0 Å². The van der Waals surface area contributed by atoms with Gasteiger partial charge in [0.1, 0.15) is 22.8 Å². The molecule has 160 valence electrons. The van der Waals surface area contributed by atoms with Gasteiger partial charge in [0.05, 0.1) is 14.2 Å². The molecule has 0 radical (unpaired) electrons. The number of halogens is 2. The molecule has 1 unspecified atom stereocenters. The lowest BCUT2D eigenvalue weighted by molar-refractivity contribution is 0.477. The first-order chi connectivity index (χ1) is 14.7. The molecule has 0 aliphatic heterocycles. The average molecular weight is 504 g/mol. The van der Waals surface area contributed by atoms with Gasteiger partial charge < -0.3 is 14.3 Å². The van der Waals surface area contributed by atoms with Crippen LogP contribution in [0.3, 0.4) is 0 Å². The van der Waals surface area contributed by atoms with Crippen molar-refractivity contribution >= 4 is 36.6 Å². The lowest BCUT2D eigenvalue weighted by Crippen LogP contribution is -2.16. The monoisotopic (exact) mass is 503 g/mol. The Morgan fingerprint density at radius 3 is 2.68 bits per heavy atom. The molecule has 2 heterocycles. The molecule has 0 fully saturated rings. The van der Waals surface area contributed by atoms with E-state index in [1.165, 1.54) is 10.6 Å². The van der Waals surface area contributed by atoms with Crippen molar-refractivity contribution < 1.29 is 13.3 Å². The molecule has 0 amide bonds. The number of ether oxygens (including phenoxy) is 1. The third-order valence-corrected chi connectivity index (χ3v) is 7.51. The van der Waals surface area contributed by atoms with E-state index in [1.54, 1.807) is 62.8 Å². The van der Waals surface area contributed by atoms with E-state index in [9.17, 15) is 13.4 Å². The number of nitrogens with zero attached hydrogens (tertiary/aromatic N) is 1. The summed E-state index contributed by atoms with van der Waals surface area (Å²) in [5.41, 5.74) is 1.46. The summed E-state index contributed by atoms with van der Waals surface area (Å²) in [6.07, 6.45) is 3.34. The maximum atomic E-state index is 14.0. The summed E-state index contributed by atoms with van der Waals surface area (Å²) < 4.78 is 42.7. The Morgan fingerprint density at radius 2 is 1.97 bits per heavy atom. The molecule has 0 aliphatic carbocycles. The van der Waals surface area contributed by atoms with E-state index < -0.39 is 15.5 Å². The van der Waals surface area contributed by atoms with Crippen molar-refractivity contribution in [3.63, 3.8) is 0 Å². The second kappa shape index (κ2) is 7.97. The average Bonchev–Trinajstić information content (AvgIpc) is 3.24. The molecule has 0 saturated heterocycles. The zero-order valence-electron chi connectivity index (χ0n) is 16.7. The highest BCUT2D eigenvalue weighted by molar-refractivity contribution is 9.10. The Morgan fingerprint density at radius 1 is 1.19 bits per heavy atom. The van der Waals surface area contributed by atoms with Gasteiger partial charge in [0.2, 0.25) is 0 Å². The van der Waals surface area contributed by atoms with Crippen molar-refractivity contribution in [3.05, 3.63) is 75.5 Å². The summed E-state index contributed by atoms with van der Waals surface area (Å²) in [5, 5.41) is 0.667. The van der Waals surface area contributed by atoms with Crippen LogP contribution in [0.15, 0.2) is 69.0 Å². The lowest BCUT2D eigenvalue weighted by Gasteiger charge is -2.16. The summed E-state index contributed by atoms with van der Waals surface area (Å²) >= 11 is 3.12. The number of aromatic amines is 1. The number of aromatic nitrogens is 2. The number of benzene rings is 2. The van der Waals surface area contributed by atoms with E-state index in [2.05, 4.69) is 20.9 Å². The Bertz CT molecular complexity index is 1480. The molecule has 0 bridgehead atoms. The molecule has 4 aromatic rings. The number of rotatable bonds is 5. The van der Waals surface area contributed by atoms with Crippen molar-refractivity contribution in [2.75, 3.05) is 5.75 Å². The standard InChI is InChI=1S/C22H19BrFN3O3S/c1-3-31(25,29)14-5-7-20(30-13-4-6-18(23)19(24)10-13)16(11-14)17-12-27(2)22(28)21-15(17)8-9-26-21/h4-12,25-26H,3H2,1-2H3. The van der Waals surface area contributed by atoms with Crippen LogP contribution in [0, 0.1) is 10.6 Å². The van der Waals surface area contributed by atoms with Gasteiger partial charge in [-0.15, -0.1) is 0 Å². The smallest absolute Gasteiger partial charge is 0.274 e. The van der Waals surface area contributed by atoms with Gasteiger partial charge >= 0.3 is 0 Å². The number of pyridine rings is 1. The van der Waals surface area contributed by atoms with Gasteiger partial charge in [0.15, 0.2) is 0 Å². The van der Waals surface area contributed by atoms with Crippen molar-refractivity contribution in [1.29, 1.82) is 4.78 Å². The van der Waals surface area contributed by atoms with E-state index in [-0.39, 0.29) is 17.1 Å². The fraction of sp³-hybridized carbons (Fsp3) is 0.136. The van der Waals surface area contributed by atoms with Crippen LogP contribution in [0.5, 0.6) is 11.5 Å². The summed E-state index contributed by atoms with van der Waals surface area (Å²) in [4.78, 5) is 15.8. The summed E-state index contributed by atoms with van der Waals surface area (Å²) in [6.45, 7) is 1.70. The van der Waals surface area contributed by atoms with Crippen molar-refractivity contribution in [1.82, 2.24) is 9.55 Å². The predicted octanol–water partition coefficient (Wildman–Crippen LogP) is 5.65. The molecule has 6 nitrogen and oxygen atoms in total. The third kappa shape index (κ3) is 3.90. The Kier molecular flexibility index (Phi) is 5.49. The fourth-order valence-corrected chi connectivity index (χ4v) is 4.51. The summed E-state index contributed by atoms with van der Waals surface area (Å²) in [5.74, 6) is 0.369. The highest BCUT2D eigenvalue weighted by atomic mass is 79.9. The highest BCUT2D eigenvalue weighted by Crippen LogP contribution is 2.38. The molecule has 31 heavy (non-hydrogen) atoms. The normalized spacial score (nSPS) is 13.3. The molecule has 1 atom stereocenters. The van der Waals surface area contributed by atoms with Crippen LogP contribution < -0.4 is 10.3 Å². The molecule has 9 heteroatoms. The second-order valence-corrected chi connectivity index (χ2v) is 10.3. The van der Waals surface area contributed by atoms with E-state index in [0.717, 1.165) is 0 Å². The molecule has 0 aliphatic rings. The molecule has 0 saturated carbocycles. The Balaban J connectivity index is 1.97. The summed E-state index contributed by atoms with van der Waals surface area (Å²) in [7, 11) is -1.35. The maximum Gasteiger partial charge on any atom is 0.274 e. The minimum absolute atomic E-state index is 0.164. The summed E-state index contributed by atoms with van der Waals surface area (Å²) in [6, 6.07) is 11.1. The zero-order chi connectivity index (χ0) is 22.3. The maximum absolute atomic E-state index is 14.0. The van der Waals surface area contributed by atoms with Gasteiger partial charge in [0, 0.05) is 52.7 Å². The number of hydrogen-bond donors (Lipinski definition) is 2. The largest absolute Gasteiger partial charge is 0.457 e. The molecule has 2 N–H and O–H groups in total. The van der Waals surface area contributed by atoms with Crippen LogP contribution in [0.4, 0.5) is 4.39 Å². The van der Waals surface area contributed by atoms with Crippen LogP contribution >= 0.6 is 15.9 Å². The number of fused-ring (bicyclic) bond motifs is 1. The van der Waals surface area contributed by atoms with Crippen molar-refractivity contribution in [3.8, 4) is 22.6 Å². The molecular formula is C22H19BrFN3O3S. The molecule has 4 rings (SSSR count). The van der Waals surface area contributed by atoms with Crippen LogP contribution in [0.1, 0.15) is 6.92 Å². The quantitative estimate of drug-likeness (QED) is 0.368. The van der Waals surface area contributed by atoms with Crippen LogP contribution in [-0.2, 0) is 16.8 Å². The highest BCUT2D eigenvalue weighted by Gasteiger charge is 2.18. The van der Waals surface area contributed by atoms with Gasteiger partial charge in [-0.05, 0) is 52.3 Å². The zero-order valence-corrected chi connectivity index (χ0v) is 19.1. The van der Waals surface area contributed by atoms with Gasteiger partial charge in [-0.3, -0.25) is 4.79 Å². The topological polar surface area (TPSA) is 87.9 Å². The number of aryl methyl sites for hydroxylation is 1. The first kappa shape index (κ1) is 21.3. The molecular weight excluding hydrogens is 485 g/mol. The third-order valence-electron chi connectivity index (χ3n) is 5.04. The van der Waals surface area contributed by atoms with Crippen molar-refractivity contribution in [2.24, 2.45) is 7.05 Å². The lowest BCUT2D eigenvalue weighted by atomic mass is 10.0. The van der Waals surface area contributed by atoms with Gasteiger partial charge in [-0.25, -0.2) is 13.4 Å². The van der Waals surface area contributed by atoms with Crippen LogP contribution in [-0.4, -0.2) is 19.5 Å². The number of hydrogen-bond acceptors (Lipinski definition) is 4. The van der Waals surface area contributed by atoms with Crippen LogP contribution in [0.25, 0.3) is 22.0 Å². The number of H-pyrrole nitrogens is 1. The van der Waals surface area contributed by atoms with Crippen LogP contribution in [0.2, 0.25) is 0 Å². The molecule has 2 aromatic carbocycles. The van der Waals surface area contributed by atoms with E-state index >= 15 is 0 Å². The molecule has 2 aromatic heterocycles.